The van der Waals surface area contributed by atoms with E-state index >= 15 is 0 Å². The highest BCUT2D eigenvalue weighted by molar-refractivity contribution is 5.90. The smallest absolute Gasteiger partial charge is 0.363 e. The summed E-state index contributed by atoms with van der Waals surface area (Å²) in [6, 6.07) is 6.83. The fourth-order valence-corrected chi connectivity index (χ4v) is 5.48. The first-order chi connectivity index (χ1) is 26.4. The number of fused-ring (bicyclic) bond motifs is 2. The number of hydrogen-bond acceptors (Lipinski definition) is 15. The summed E-state index contributed by atoms with van der Waals surface area (Å²) in [5.74, 6) is -1.84. The molecule has 59 heavy (non-hydrogen) atoms. The zero-order valence-electron chi connectivity index (χ0n) is 32.0. The summed E-state index contributed by atoms with van der Waals surface area (Å²) in [6.45, 7) is 14.3. The Morgan fingerprint density at radius 2 is 0.983 bits per heavy atom. The van der Waals surface area contributed by atoms with Gasteiger partial charge in [-0.2, -0.15) is 0 Å². The van der Waals surface area contributed by atoms with Gasteiger partial charge in [0, 0.05) is 0 Å². The molecule has 17 heteroatoms. The lowest BCUT2D eigenvalue weighted by molar-refractivity contribution is -0.0805. The number of aliphatic hydroxyl groups is 7. The third kappa shape index (κ3) is 12.9. The van der Waals surface area contributed by atoms with E-state index in [9.17, 15) is 49.8 Å². The Kier molecular flexibility index (Phi) is 22.0. The van der Waals surface area contributed by atoms with Crippen LogP contribution >= 0.6 is 0 Å². The molecule has 2 aromatic heterocycles. The predicted octanol–water partition coefficient (Wildman–Crippen LogP) is 2.19. The molecule has 0 bridgehead atoms. The number of ether oxygens (including phenoxy) is 2. The highest BCUT2D eigenvalue weighted by Crippen LogP contribution is 2.20. The van der Waals surface area contributed by atoms with Crippen LogP contribution in [0.25, 0.3) is 22.1 Å². The summed E-state index contributed by atoms with van der Waals surface area (Å²) in [5, 5.41) is 68.8. The van der Waals surface area contributed by atoms with E-state index in [2.05, 4.69) is 23.1 Å². The minimum absolute atomic E-state index is 0. The molecule has 17 nitrogen and oxygen atoms in total. The van der Waals surface area contributed by atoms with E-state index in [1.807, 2.05) is 27.7 Å². The number of aryl methyl sites for hydroxylation is 4. The largest absolute Gasteiger partial charge is 0.457 e. The molecule has 0 saturated heterocycles. The molecule has 0 unspecified atom stereocenters. The number of carbonyl (C=O) groups excluding carboxylic acids is 2. The number of nitrogens with zero attached hydrogens (tertiary/aromatic N) is 4. The van der Waals surface area contributed by atoms with Crippen molar-refractivity contribution in [3.05, 3.63) is 104 Å². The number of rotatable bonds is 16. The molecule has 0 aliphatic rings. The third-order valence-electron chi connectivity index (χ3n) is 9.10. The van der Waals surface area contributed by atoms with Crippen LogP contribution in [-0.4, -0.2) is 123 Å². The Hall–Kier alpha value is -5.14. The number of esters is 2. The number of carbonyl (C=O) groups is 2. The zero-order valence-corrected chi connectivity index (χ0v) is 32.0. The zero-order chi connectivity index (χ0) is 42.0. The second-order valence-corrected chi connectivity index (χ2v) is 13.2. The minimum Gasteiger partial charge on any atom is -0.457 e. The fraction of sp³-hybridized carbons (Fsp3) is 0.476. The summed E-state index contributed by atoms with van der Waals surface area (Å²) in [7, 11) is 0. The summed E-state index contributed by atoms with van der Waals surface area (Å²) in [6.07, 6.45) is -5.90. The number of aromatic nitrogens is 4. The molecule has 328 valence electrons. The van der Waals surface area contributed by atoms with E-state index < -0.39 is 84.2 Å². The molecule has 0 fully saturated rings. The average Bonchev–Trinajstić information content (AvgIpc) is 3.18. The Labute approximate surface area is 344 Å². The summed E-state index contributed by atoms with van der Waals surface area (Å²) >= 11 is 0. The van der Waals surface area contributed by atoms with Crippen molar-refractivity contribution in [3.8, 4) is 0 Å². The van der Waals surface area contributed by atoms with Gasteiger partial charge in [0.25, 0.3) is 11.1 Å². The molecule has 0 aliphatic carbocycles. The van der Waals surface area contributed by atoms with Crippen molar-refractivity contribution in [3.63, 3.8) is 0 Å². The molecule has 4 rings (SSSR count). The van der Waals surface area contributed by atoms with Gasteiger partial charge in [-0.3, -0.25) is 9.59 Å². The van der Waals surface area contributed by atoms with Crippen LogP contribution in [0.4, 0.5) is 0 Å². The maximum atomic E-state index is 12.9. The second kappa shape index (κ2) is 24.1. The van der Waals surface area contributed by atoms with E-state index in [1.54, 1.807) is 31.2 Å². The van der Waals surface area contributed by atoms with Crippen LogP contribution in [0, 0.1) is 27.7 Å². The van der Waals surface area contributed by atoms with E-state index in [1.165, 1.54) is 16.7 Å². The van der Waals surface area contributed by atoms with Gasteiger partial charge in [-0.15, -0.1) is 0 Å². The monoisotopic (exact) mass is 830 g/mol. The Morgan fingerprint density at radius 3 is 1.31 bits per heavy atom. The minimum atomic E-state index is -1.69. The van der Waals surface area contributed by atoms with E-state index in [4.69, 9.17) is 14.6 Å². The first kappa shape index (κ1) is 53.9. The van der Waals surface area contributed by atoms with E-state index in [0.717, 1.165) is 26.8 Å². The first-order valence-corrected chi connectivity index (χ1v) is 17.7. The number of aliphatic hydroxyl groups excluding tert-OH is 7. The summed E-state index contributed by atoms with van der Waals surface area (Å²) in [5.41, 5.74) is 2.56. The van der Waals surface area contributed by atoms with Gasteiger partial charge in [0.1, 0.15) is 43.7 Å². The van der Waals surface area contributed by atoms with Crippen molar-refractivity contribution in [2.75, 3.05) is 19.8 Å². The molecular formula is C42H62N4O13. The predicted molar refractivity (Wildman–Crippen MR) is 226 cm³/mol. The van der Waals surface area contributed by atoms with Gasteiger partial charge in [-0.25, -0.2) is 19.6 Å². The van der Waals surface area contributed by atoms with Crippen LogP contribution < -0.4 is 11.1 Å². The Morgan fingerprint density at radius 1 is 0.644 bits per heavy atom. The van der Waals surface area contributed by atoms with Gasteiger partial charge >= 0.3 is 11.9 Å². The molecule has 0 radical (unpaired) electrons. The average molecular weight is 831 g/mol. The molecular weight excluding hydrogens is 768 g/mol. The number of hydrogen-bond donors (Lipinski definition) is 7. The van der Waals surface area contributed by atoms with E-state index in [-0.39, 0.29) is 48.5 Å². The lowest BCUT2D eigenvalue weighted by atomic mass is 10.1. The van der Waals surface area contributed by atoms with Crippen LogP contribution in [-0.2, 0) is 22.6 Å². The van der Waals surface area contributed by atoms with Gasteiger partial charge < -0.3 is 54.4 Å². The topological polar surface area (TPSA) is 264 Å². The molecule has 7 N–H and O–H groups in total. The lowest BCUT2D eigenvalue weighted by Crippen LogP contribution is -2.43. The highest BCUT2D eigenvalue weighted by atomic mass is 16.5. The normalized spacial score (nSPS) is 13.8. The molecule has 2 aromatic carbocycles. The molecule has 0 amide bonds. The summed E-state index contributed by atoms with van der Waals surface area (Å²) < 4.78 is 12.1. The molecule has 0 spiro atoms. The Balaban J connectivity index is 0.00000109. The van der Waals surface area contributed by atoms with Crippen molar-refractivity contribution >= 4 is 34.0 Å². The maximum absolute atomic E-state index is 12.9. The van der Waals surface area contributed by atoms with Crippen molar-refractivity contribution in [2.45, 2.75) is 113 Å². The van der Waals surface area contributed by atoms with Crippen LogP contribution in [0.5, 0.6) is 0 Å². The van der Waals surface area contributed by atoms with Crippen molar-refractivity contribution in [2.24, 2.45) is 0 Å². The van der Waals surface area contributed by atoms with Gasteiger partial charge in [-0.05, 0) is 80.6 Å². The van der Waals surface area contributed by atoms with Crippen molar-refractivity contribution < 1.29 is 54.8 Å². The molecule has 0 saturated carbocycles. The lowest BCUT2D eigenvalue weighted by Gasteiger charge is -2.23. The highest BCUT2D eigenvalue weighted by Gasteiger charge is 2.28. The quantitative estimate of drug-likeness (QED) is 0.0631. The van der Waals surface area contributed by atoms with Gasteiger partial charge in [0.15, 0.2) is 0 Å². The summed E-state index contributed by atoms with van der Waals surface area (Å²) in [4.78, 5) is 58.5. The van der Waals surface area contributed by atoms with Gasteiger partial charge in [0.05, 0.1) is 47.9 Å². The molecule has 2 heterocycles. The second-order valence-electron chi connectivity index (χ2n) is 13.2. The van der Waals surface area contributed by atoms with Crippen LogP contribution in [0.3, 0.4) is 0 Å². The SMILES string of the molecule is C.C.C.C=CCOC(=O)c1nc2cc(C)c(C)cc2n(C[C@H](O)[C@H](O)[C@H](O)CC)c1=O.C=CCOC(=O)c1nc2cc(C)c(C)cc2n(C[C@H](O)[C@H](O)[C@H](O)CO)c1=O. The standard InChI is InChI=1S/C20H26N2O6.C19H24N2O7.3CH4/c1-5-7-28-20(27)17-19(26)22(10-16(24)18(25)15(23)6-2)14-9-12(4)11(3)8-13(14)21-17;1-4-5-28-19(27)16-18(26)21(8-14(23)17(25)15(24)9-22)13-7-11(3)10(2)6-12(13)20-16;;;/h5,8-9,15-16,18,23-25H,1,6-7,10H2,2-4H3;4,6-7,14-15,17,22-25H,1,5,8-9H2,2-3H3;3*1H4/t15-,16+,18-;14-,15+,17-;;;/m10.../s1. The van der Waals surface area contributed by atoms with Crippen LogP contribution in [0.1, 0.15) is 78.9 Å². The Bertz CT molecular complexity index is 2030. The third-order valence-corrected chi connectivity index (χ3v) is 9.10. The van der Waals surface area contributed by atoms with Crippen LogP contribution in [0.2, 0.25) is 0 Å². The van der Waals surface area contributed by atoms with Gasteiger partial charge in [0.2, 0.25) is 11.4 Å². The molecule has 0 aliphatic heterocycles. The van der Waals surface area contributed by atoms with Gasteiger partial charge in [-0.1, -0.05) is 54.5 Å². The maximum Gasteiger partial charge on any atom is 0.363 e. The number of benzene rings is 2. The first-order valence-electron chi connectivity index (χ1n) is 17.7. The molecule has 6 atom stereocenters. The van der Waals surface area contributed by atoms with Crippen molar-refractivity contribution in [1.29, 1.82) is 0 Å². The molecule has 4 aromatic rings. The fourth-order valence-electron chi connectivity index (χ4n) is 5.48. The van der Waals surface area contributed by atoms with Crippen LogP contribution in [0.15, 0.2) is 59.2 Å². The van der Waals surface area contributed by atoms with E-state index in [0.29, 0.717) is 22.1 Å². The van der Waals surface area contributed by atoms with Crippen molar-refractivity contribution in [1.82, 2.24) is 19.1 Å².